The summed E-state index contributed by atoms with van der Waals surface area (Å²) in [6.45, 7) is 0. The molecule has 0 spiro atoms. The molecule has 6 rings (SSSR count). The molecule has 1 aliphatic heterocycles. The molecule has 0 N–H and O–H groups in total. The quantitative estimate of drug-likeness (QED) is 0.354. The fourth-order valence-electron chi connectivity index (χ4n) is 4.87. The summed E-state index contributed by atoms with van der Waals surface area (Å²) in [5, 5.41) is 15.1. The Morgan fingerprint density at radius 2 is 1.89 bits per heavy atom. The topological polar surface area (TPSA) is 93.7 Å². The predicted octanol–water partition coefficient (Wildman–Crippen LogP) is 4.78. The zero-order chi connectivity index (χ0) is 24.5. The lowest BCUT2D eigenvalue weighted by molar-refractivity contribution is -0.130. The number of hydrogen-bond acceptors (Lipinski definition) is 8. The number of nitrogens with zero attached hydrogens (tertiary/aromatic N) is 5. The van der Waals surface area contributed by atoms with Crippen molar-refractivity contribution in [2.75, 3.05) is 12.9 Å². The van der Waals surface area contributed by atoms with E-state index in [1.54, 1.807) is 36.6 Å². The van der Waals surface area contributed by atoms with Gasteiger partial charge in [-0.15, -0.1) is 10.2 Å². The van der Waals surface area contributed by atoms with Gasteiger partial charge in [-0.1, -0.05) is 48.2 Å². The van der Waals surface area contributed by atoms with Crippen molar-refractivity contribution in [2.45, 2.75) is 24.1 Å². The molecule has 0 saturated heterocycles. The van der Waals surface area contributed by atoms with Gasteiger partial charge in [0.1, 0.15) is 5.75 Å². The Balaban J connectivity index is 1.26. The summed E-state index contributed by atoms with van der Waals surface area (Å²) >= 11 is 1.22. The van der Waals surface area contributed by atoms with Gasteiger partial charge in [-0.05, 0) is 48.2 Å². The number of methoxy groups -OCH3 is 1. The van der Waals surface area contributed by atoms with Gasteiger partial charge in [0.15, 0.2) is 0 Å². The van der Waals surface area contributed by atoms with Crippen molar-refractivity contribution in [3.8, 4) is 17.2 Å². The van der Waals surface area contributed by atoms with Crippen LogP contribution in [0.25, 0.3) is 11.5 Å². The van der Waals surface area contributed by atoms with E-state index in [4.69, 9.17) is 14.3 Å². The first-order valence-corrected chi connectivity index (χ1v) is 12.7. The zero-order valence-electron chi connectivity index (χ0n) is 19.6. The minimum atomic E-state index is -0.178. The van der Waals surface area contributed by atoms with Crippen molar-refractivity contribution in [3.63, 3.8) is 0 Å². The number of amides is 1. The van der Waals surface area contributed by atoms with Gasteiger partial charge in [0.2, 0.25) is 5.89 Å². The van der Waals surface area contributed by atoms with E-state index in [9.17, 15) is 4.79 Å². The number of aryl methyl sites for hydroxylation is 1. The van der Waals surface area contributed by atoms with Gasteiger partial charge in [-0.25, -0.2) is 5.01 Å². The van der Waals surface area contributed by atoms with Crippen LogP contribution in [0.3, 0.4) is 0 Å². The summed E-state index contributed by atoms with van der Waals surface area (Å²) in [7, 11) is 1.65. The molecule has 180 valence electrons. The fraction of sp³-hybridized carbons (Fsp3) is 0.222. The minimum Gasteiger partial charge on any atom is -0.497 e. The van der Waals surface area contributed by atoms with E-state index < -0.39 is 0 Å². The van der Waals surface area contributed by atoms with E-state index >= 15 is 0 Å². The highest BCUT2D eigenvalue weighted by molar-refractivity contribution is 7.99. The third-order valence-electron chi connectivity index (χ3n) is 6.60. The lowest BCUT2D eigenvalue weighted by Crippen LogP contribution is -2.33. The fourth-order valence-corrected chi connectivity index (χ4v) is 5.49. The van der Waals surface area contributed by atoms with Gasteiger partial charge in [0.25, 0.3) is 11.1 Å². The number of fused-ring (bicyclic) bond motifs is 3. The van der Waals surface area contributed by atoms with Crippen molar-refractivity contribution in [2.24, 2.45) is 11.0 Å². The van der Waals surface area contributed by atoms with Crippen molar-refractivity contribution in [1.82, 2.24) is 20.2 Å². The molecule has 1 amide bonds. The predicted molar refractivity (Wildman–Crippen MR) is 136 cm³/mol. The molecule has 9 heteroatoms. The maximum absolute atomic E-state index is 13.5. The maximum Gasteiger partial charge on any atom is 0.277 e. The standard InChI is InChI=1S/C27H23N5O3S/c1-34-20-9-6-18(7-10-20)25-22-11-8-17-4-2-3-5-21(17)24(22)31-32(25)23(33)16-36-27-30-29-26(35-27)19-12-14-28-15-13-19/h2-7,9-10,12-15,22,25H,8,11,16H2,1H3/t22-,25+/m0/s1. The molecule has 4 aromatic rings. The number of hydrogen-bond donors (Lipinski definition) is 0. The summed E-state index contributed by atoms with van der Waals surface area (Å²) in [6.07, 6.45) is 5.23. The van der Waals surface area contributed by atoms with E-state index in [1.807, 2.05) is 30.3 Å². The van der Waals surface area contributed by atoms with Crippen LogP contribution in [0.1, 0.15) is 29.2 Å². The van der Waals surface area contributed by atoms with E-state index in [1.165, 1.54) is 17.3 Å². The minimum absolute atomic E-state index is 0.108. The average molecular weight is 498 g/mol. The second-order valence-electron chi connectivity index (χ2n) is 8.64. The highest BCUT2D eigenvalue weighted by Gasteiger charge is 2.43. The first-order chi connectivity index (χ1) is 17.7. The molecule has 0 unspecified atom stereocenters. The second kappa shape index (κ2) is 9.58. The summed E-state index contributed by atoms with van der Waals surface area (Å²) in [5.74, 6) is 1.33. The van der Waals surface area contributed by atoms with Gasteiger partial charge in [-0.3, -0.25) is 9.78 Å². The number of benzene rings is 2. The molecule has 2 aromatic heterocycles. The average Bonchev–Trinajstić information content (AvgIpc) is 3.58. The number of carbonyl (C=O) groups excluding carboxylic acids is 1. The molecule has 36 heavy (non-hydrogen) atoms. The SMILES string of the molecule is COc1ccc([C@@H]2[C@H]3CCc4ccccc4C3=NN2C(=O)CSc2nnc(-c3ccncc3)o2)cc1. The smallest absolute Gasteiger partial charge is 0.277 e. The summed E-state index contributed by atoms with van der Waals surface area (Å²) in [5.41, 5.74) is 5.21. The number of ether oxygens (including phenoxy) is 1. The van der Waals surface area contributed by atoms with Gasteiger partial charge < -0.3 is 9.15 Å². The molecular weight excluding hydrogens is 474 g/mol. The molecule has 3 heterocycles. The van der Waals surface area contributed by atoms with Crippen molar-refractivity contribution < 1.29 is 13.9 Å². The number of thioether (sulfide) groups is 1. The van der Waals surface area contributed by atoms with Crippen LogP contribution in [-0.2, 0) is 11.2 Å². The Morgan fingerprint density at radius 1 is 1.08 bits per heavy atom. The Labute approximate surface area is 212 Å². The Bertz CT molecular complexity index is 1420. The van der Waals surface area contributed by atoms with Gasteiger partial charge >= 0.3 is 0 Å². The number of rotatable bonds is 6. The highest BCUT2D eigenvalue weighted by atomic mass is 32.2. The van der Waals surface area contributed by atoms with E-state index in [0.29, 0.717) is 11.1 Å². The molecule has 0 fully saturated rings. The Morgan fingerprint density at radius 3 is 2.69 bits per heavy atom. The summed E-state index contributed by atoms with van der Waals surface area (Å²) < 4.78 is 11.1. The van der Waals surface area contributed by atoms with E-state index in [0.717, 1.165) is 41.0 Å². The molecule has 8 nitrogen and oxygen atoms in total. The largest absolute Gasteiger partial charge is 0.497 e. The van der Waals surface area contributed by atoms with Crippen molar-refractivity contribution in [3.05, 3.63) is 89.7 Å². The molecule has 0 radical (unpaired) electrons. The van der Waals surface area contributed by atoms with Crippen LogP contribution < -0.4 is 4.74 Å². The third kappa shape index (κ3) is 4.15. The molecular formula is C27H23N5O3S. The molecule has 0 bridgehead atoms. The Kier molecular flexibility index (Phi) is 5.98. The highest BCUT2D eigenvalue weighted by Crippen LogP contribution is 2.44. The van der Waals surface area contributed by atoms with Crippen LogP contribution in [0.4, 0.5) is 0 Å². The first-order valence-electron chi connectivity index (χ1n) is 11.7. The molecule has 1 aliphatic carbocycles. The van der Waals surface area contributed by atoms with Crippen molar-refractivity contribution >= 4 is 23.4 Å². The van der Waals surface area contributed by atoms with Crippen molar-refractivity contribution in [1.29, 1.82) is 0 Å². The lowest BCUT2D eigenvalue weighted by atomic mass is 9.77. The van der Waals surface area contributed by atoms with Gasteiger partial charge in [0.05, 0.1) is 24.6 Å². The number of pyridine rings is 1. The lowest BCUT2D eigenvalue weighted by Gasteiger charge is -2.29. The van der Waals surface area contributed by atoms with Crippen LogP contribution in [-0.4, -0.2) is 44.7 Å². The van der Waals surface area contributed by atoms with Crippen LogP contribution in [0.2, 0.25) is 0 Å². The zero-order valence-corrected chi connectivity index (χ0v) is 20.4. The first kappa shape index (κ1) is 22.5. The molecule has 0 saturated carbocycles. The maximum atomic E-state index is 13.5. The number of carbonyl (C=O) groups is 1. The summed E-state index contributed by atoms with van der Waals surface area (Å²) in [6, 6.07) is 19.7. The van der Waals surface area contributed by atoms with Gasteiger partial charge in [0, 0.05) is 29.4 Å². The number of hydrazone groups is 1. The van der Waals surface area contributed by atoms with Crippen LogP contribution in [0.5, 0.6) is 5.75 Å². The summed E-state index contributed by atoms with van der Waals surface area (Å²) in [4.78, 5) is 17.5. The normalized spacial score (nSPS) is 18.4. The third-order valence-corrected chi connectivity index (χ3v) is 7.40. The Hall–Kier alpha value is -3.98. The van der Waals surface area contributed by atoms with E-state index in [-0.39, 0.29) is 23.6 Å². The van der Waals surface area contributed by atoms with Crippen LogP contribution >= 0.6 is 11.8 Å². The second-order valence-corrected chi connectivity index (χ2v) is 9.57. The van der Waals surface area contributed by atoms with E-state index in [2.05, 4.69) is 33.4 Å². The number of aromatic nitrogens is 3. The van der Waals surface area contributed by atoms with Gasteiger partial charge in [-0.2, -0.15) is 5.10 Å². The van der Waals surface area contributed by atoms with Crippen LogP contribution in [0, 0.1) is 5.92 Å². The monoisotopic (exact) mass is 497 g/mol. The van der Waals surface area contributed by atoms with Crippen LogP contribution in [0.15, 0.2) is 87.8 Å². The molecule has 2 aromatic carbocycles. The molecule has 2 atom stereocenters. The molecule has 2 aliphatic rings.